The molecule has 0 bridgehead atoms. The van der Waals surface area contributed by atoms with Crippen LogP contribution in [0.1, 0.15) is 5.56 Å². The summed E-state index contributed by atoms with van der Waals surface area (Å²) in [5.41, 5.74) is 3.51. The van der Waals surface area contributed by atoms with Crippen molar-refractivity contribution in [2.24, 2.45) is 0 Å². The predicted octanol–water partition coefficient (Wildman–Crippen LogP) is 2.98. The van der Waals surface area contributed by atoms with Gasteiger partial charge in [0, 0.05) is 30.4 Å². The molecule has 124 valence electrons. The van der Waals surface area contributed by atoms with Gasteiger partial charge in [0.1, 0.15) is 0 Å². The number of rotatable bonds is 4. The van der Waals surface area contributed by atoms with E-state index < -0.39 is 0 Å². The molecule has 0 unspecified atom stereocenters. The van der Waals surface area contributed by atoms with Crippen molar-refractivity contribution in [1.29, 1.82) is 0 Å². The molecule has 0 atom stereocenters. The zero-order valence-electron chi connectivity index (χ0n) is 13.6. The molecule has 0 fully saturated rings. The van der Waals surface area contributed by atoms with Crippen LogP contribution in [0, 0.1) is 0 Å². The summed E-state index contributed by atoms with van der Waals surface area (Å²) < 4.78 is 0. The summed E-state index contributed by atoms with van der Waals surface area (Å²) in [7, 11) is 3.95. The number of anilines is 3. The van der Waals surface area contributed by atoms with E-state index in [0.717, 1.165) is 27.5 Å². The molecule has 0 radical (unpaired) electrons. The number of nitrogens with zero attached hydrogens (tertiary/aromatic N) is 1. The SMILES string of the molecule is CN(C)c1ccc(NC(=O)Cc2ccc3c(c2)NC(=O)CS3)cc1. The van der Waals surface area contributed by atoms with Gasteiger partial charge in [0.05, 0.1) is 17.9 Å². The quantitative estimate of drug-likeness (QED) is 0.897. The second-order valence-electron chi connectivity index (χ2n) is 5.83. The van der Waals surface area contributed by atoms with E-state index in [0.29, 0.717) is 5.75 Å². The molecule has 0 saturated heterocycles. The molecule has 3 rings (SSSR count). The molecule has 1 aliphatic rings. The molecule has 2 aromatic rings. The molecule has 0 spiro atoms. The Morgan fingerprint density at radius 1 is 1.21 bits per heavy atom. The van der Waals surface area contributed by atoms with Crippen molar-refractivity contribution in [2.75, 3.05) is 35.4 Å². The van der Waals surface area contributed by atoms with E-state index in [2.05, 4.69) is 10.6 Å². The largest absolute Gasteiger partial charge is 0.378 e. The highest BCUT2D eigenvalue weighted by Gasteiger charge is 2.16. The topological polar surface area (TPSA) is 61.4 Å². The van der Waals surface area contributed by atoms with Crippen LogP contribution in [0.15, 0.2) is 47.4 Å². The van der Waals surface area contributed by atoms with E-state index >= 15 is 0 Å². The number of nitrogens with one attached hydrogen (secondary N) is 2. The summed E-state index contributed by atoms with van der Waals surface area (Å²) in [6.07, 6.45) is 0.267. The zero-order chi connectivity index (χ0) is 17.1. The van der Waals surface area contributed by atoms with Crippen molar-refractivity contribution < 1.29 is 9.59 Å². The van der Waals surface area contributed by atoms with Crippen molar-refractivity contribution in [3.8, 4) is 0 Å². The highest BCUT2D eigenvalue weighted by Crippen LogP contribution is 2.32. The smallest absolute Gasteiger partial charge is 0.234 e. The van der Waals surface area contributed by atoms with Gasteiger partial charge < -0.3 is 15.5 Å². The molecular weight excluding hydrogens is 322 g/mol. The maximum absolute atomic E-state index is 12.2. The molecule has 5 nitrogen and oxygen atoms in total. The summed E-state index contributed by atoms with van der Waals surface area (Å²) in [4.78, 5) is 26.7. The molecular formula is C18H19N3O2S. The maximum atomic E-state index is 12.2. The van der Waals surface area contributed by atoms with Gasteiger partial charge >= 0.3 is 0 Å². The van der Waals surface area contributed by atoms with Crippen molar-refractivity contribution in [2.45, 2.75) is 11.3 Å². The van der Waals surface area contributed by atoms with Crippen molar-refractivity contribution in [3.63, 3.8) is 0 Å². The fourth-order valence-electron chi connectivity index (χ4n) is 2.47. The van der Waals surface area contributed by atoms with Crippen LogP contribution in [-0.4, -0.2) is 31.7 Å². The molecule has 2 amide bonds. The van der Waals surface area contributed by atoms with Crippen LogP contribution >= 0.6 is 11.8 Å². The fraction of sp³-hybridized carbons (Fsp3) is 0.222. The Labute approximate surface area is 145 Å². The van der Waals surface area contributed by atoms with Gasteiger partial charge in [0.15, 0.2) is 0 Å². The zero-order valence-corrected chi connectivity index (χ0v) is 14.4. The Morgan fingerprint density at radius 3 is 2.67 bits per heavy atom. The third-order valence-corrected chi connectivity index (χ3v) is 4.78. The maximum Gasteiger partial charge on any atom is 0.234 e. The number of thioether (sulfide) groups is 1. The molecule has 2 aromatic carbocycles. The average molecular weight is 341 g/mol. The van der Waals surface area contributed by atoms with Crippen LogP contribution in [0.25, 0.3) is 0 Å². The third-order valence-electron chi connectivity index (χ3n) is 3.71. The molecule has 0 aromatic heterocycles. The number of amides is 2. The van der Waals surface area contributed by atoms with E-state index in [1.807, 2.05) is 61.5 Å². The normalized spacial score (nSPS) is 13.0. The lowest BCUT2D eigenvalue weighted by molar-refractivity contribution is -0.115. The Kier molecular flexibility index (Phi) is 4.76. The summed E-state index contributed by atoms with van der Waals surface area (Å²) in [6, 6.07) is 13.4. The summed E-state index contributed by atoms with van der Waals surface area (Å²) in [6.45, 7) is 0. The first-order valence-electron chi connectivity index (χ1n) is 7.64. The standard InChI is InChI=1S/C18H19N3O2S/c1-21(2)14-6-4-13(5-7-14)19-17(22)10-12-3-8-16-15(9-12)20-18(23)11-24-16/h3-9H,10-11H2,1-2H3,(H,19,22)(H,20,23). The Morgan fingerprint density at radius 2 is 1.96 bits per heavy atom. The monoisotopic (exact) mass is 341 g/mol. The lowest BCUT2D eigenvalue weighted by atomic mass is 10.1. The number of carbonyl (C=O) groups is 2. The second-order valence-corrected chi connectivity index (χ2v) is 6.85. The van der Waals surface area contributed by atoms with Gasteiger partial charge in [-0.05, 0) is 42.0 Å². The number of fused-ring (bicyclic) bond motifs is 1. The molecule has 1 aliphatic heterocycles. The fourth-order valence-corrected chi connectivity index (χ4v) is 3.26. The number of carbonyl (C=O) groups excluding carboxylic acids is 2. The molecule has 0 aliphatic carbocycles. The number of benzene rings is 2. The Hall–Kier alpha value is -2.47. The van der Waals surface area contributed by atoms with Gasteiger partial charge in [-0.3, -0.25) is 9.59 Å². The van der Waals surface area contributed by atoms with Crippen molar-refractivity contribution in [1.82, 2.24) is 0 Å². The first kappa shape index (κ1) is 16.4. The molecule has 6 heteroatoms. The van der Waals surface area contributed by atoms with E-state index in [1.54, 1.807) is 0 Å². The van der Waals surface area contributed by atoms with Crippen LogP contribution in [0.4, 0.5) is 17.1 Å². The second kappa shape index (κ2) is 6.97. The van der Waals surface area contributed by atoms with Crippen LogP contribution in [0.5, 0.6) is 0 Å². The van der Waals surface area contributed by atoms with E-state index in [4.69, 9.17) is 0 Å². The first-order valence-corrected chi connectivity index (χ1v) is 8.62. The minimum Gasteiger partial charge on any atom is -0.378 e. The summed E-state index contributed by atoms with van der Waals surface area (Å²) >= 11 is 1.51. The van der Waals surface area contributed by atoms with Gasteiger partial charge in [-0.15, -0.1) is 11.8 Å². The van der Waals surface area contributed by atoms with E-state index in [9.17, 15) is 9.59 Å². The minimum absolute atomic E-state index is 0.00455. The summed E-state index contributed by atoms with van der Waals surface area (Å²) in [5, 5.41) is 5.74. The van der Waals surface area contributed by atoms with Gasteiger partial charge in [-0.2, -0.15) is 0 Å². The highest BCUT2D eigenvalue weighted by atomic mass is 32.2. The Balaban J connectivity index is 1.64. The predicted molar refractivity (Wildman–Crippen MR) is 98.9 cm³/mol. The highest BCUT2D eigenvalue weighted by molar-refractivity contribution is 8.00. The minimum atomic E-state index is -0.0812. The van der Waals surface area contributed by atoms with Gasteiger partial charge in [0.25, 0.3) is 0 Å². The third kappa shape index (κ3) is 3.89. The van der Waals surface area contributed by atoms with Crippen molar-refractivity contribution in [3.05, 3.63) is 48.0 Å². The van der Waals surface area contributed by atoms with Crippen LogP contribution in [0.3, 0.4) is 0 Å². The van der Waals surface area contributed by atoms with Crippen molar-refractivity contribution >= 4 is 40.6 Å². The Bertz CT molecular complexity index is 772. The molecule has 1 heterocycles. The average Bonchev–Trinajstić information content (AvgIpc) is 2.54. The van der Waals surface area contributed by atoms with Gasteiger partial charge in [-0.25, -0.2) is 0 Å². The lowest BCUT2D eigenvalue weighted by Crippen LogP contribution is -2.19. The number of hydrogen-bond donors (Lipinski definition) is 2. The molecule has 24 heavy (non-hydrogen) atoms. The first-order chi connectivity index (χ1) is 11.5. The number of hydrogen-bond acceptors (Lipinski definition) is 4. The summed E-state index contributed by atoms with van der Waals surface area (Å²) in [5.74, 6) is 0.355. The van der Waals surface area contributed by atoms with Crippen LogP contribution in [-0.2, 0) is 16.0 Å². The lowest BCUT2D eigenvalue weighted by Gasteiger charge is -2.17. The van der Waals surface area contributed by atoms with Crippen LogP contribution in [0.2, 0.25) is 0 Å². The molecule has 0 saturated carbocycles. The van der Waals surface area contributed by atoms with Gasteiger partial charge in [-0.1, -0.05) is 6.07 Å². The van der Waals surface area contributed by atoms with Gasteiger partial charge in [0.2, 0.25) is 11.8 Å². The van der Waals surface area contributed by atoms with E-state index in [-0.39, 0.29) is 18.2 Å². The van der Waals surface area contributed by atoms with E-state index in [1.165, 1.54) is 11.8 Å². The molecule has 2 N–H and O–H groups in total. The van der Waals surface area contributed by atoms with Crippen LogP contribution < -0.4 is 15.5 Å².